The minimum Gasteiger partial charge on any atom is -0.493 e. The van der Waals surface area contributed by atoms with Crippen LogP contribution in [0.15, 0.2) is 48.0 Å². The second kappa shape index (κ2) is 8.48. The zero-order valence-electron chi connectivity index (χ0n) is 17.8. The summed E-state index contributed by atoms with van der Waals surface area (Å²) in [6.07, 6.45) is 3.40. The van der Waals surface area contributed by atoms with Crippen LogP contribution in [0.4, 0.5) is 4.39 Å². The summed E-state index contributed by atoms with van der Waals surface area (Å²) in [6.45, 7) is 14.6. The molecule has 0 N–H and O–H groups in total. The first-order valence-corrected chi connectivity index (χ1v) is 10.2. The van der Waals surface area contributed by atoms with E-state index >= 15 is 0 Å². The van der Waals surface area contributed by atoms with Crippen LogP contribution in [0.2, 0.25) is 0 Å². The normalized spacial score (nSPS) is 16.7. The van der Waals surface area contributed by atoms with Gasteiger partial charge in [0.05, 0.1) is 6.61 Å². The zero-order valence-corrected chi connectivity index (χ0v) is 17.8. The van der Waals surface area contributed by atoms with Gasteiger partial charge >= 0.3 is 0 Å². The van der Waals surface area contributed by atoms with Gasteiger partial charge in [0.1, 0.15) is 11.6 Å². The summed E-state index contributed by atoms with van der Waals surface area (Å²) in [4.78, 5) is 2.50. The molecule has 1 heterocycles. The fourth-order valence-electron chi connectivity index (χ4n) is 4.46. The van der Waals surface area contributed by atoms with Crippen molar-refractivity contribution >= 4 is 0 Å². The first kappa shape index (κ1) is 20.6. The van der Waals surface area contributed by atoms with Gasteiger partial charge in [-0.15, -0.1) is 0 Å². The maximum absolute atomic E-state index is 13.3. The average Bonchev–Trinajstić information content (AvgIpc) is 2.61. The molecule has 0 aromatic heterocycles. The number of ether oxygens (including phenoxy) is 1. The molecule has 0 saturated carbocycles. The molecular formula is C25H32FNO. The predicted molar refractivity (Wildman–Crippen MR) is 115 cm³/mol. The Balaban J connectivity index is 1.78. The third-order valence-corrected chi connectivity index (χ3v) is 5.61. The van der Waals surface area contributed by atoms with Gasteiger partial charge in [-0.2, -0.15) is 0 Å². The van der Waals surface area contributed by atoms with Crippen LogP contribution in [0, 0.1) is 18.2 Å². The van der Waals surface area contributed by atoms with Gasteiger partial charge in [-0.3, -0.25) is 4.90 Å². The van der Waals surface area contributed by atoms with Gasteiger partial charge in [0, 0.05) is 25.2 Å². The lowest BCUT2D eigenvalue weighted by Gasteiger charge is -2.48. The molecule has 28 heavy (non-hydrogen) atoms. The number of likely N-dealkylation sites (tertiary alicyclic amines) is 1. The molecule has 2 aromatic rings. The molecule has 1 aliphatic rings. The van der Waals surface area contributed by atoms with E-state index in [1.165, 1.54) is 35.3 Å². The van der Waals surface area contributed by atoms with E-state index in [1.807, 2.05) is 19.1 Å². The molecule has 0 unspecified atom stereocenters. The van der Waals surface area contributed by atoms with E-state index in [4.69, 9.17) is 4.74 Å². The van der Waals surface area contributed by atoms with Crippen LogP contribution in [0.3, 0.4) is 0 Å². The van der Waals surface area contributed by atoms with Gasteiger partial charge in [0.2, 0.25) is 0 Å². The first-order chi connectivity index (χ1) is 13.3. The van der Waals surface area contributed by atoms with E-state index in [2.05, 4.69) is 50.8 Å². The highest BCUT2D eigenvalue weighted by atomic mass is 19.1. The Morgan fingerprint density at radius 3 is 2.50 bits per heavy atom. The van der Waals surface area contributed by atoms with Crippen molar-refractivity contribution < 1.29 is 9.13 Å². The van der Waals surface area contributed by atoms with Gasteiger partial charge < -0.3 is 4.74 Å². The van der Waals surface area contributed by atoms with E-state index < -0.39 is 0 Å². The molecule has 2 aromatic carbocycles. The number of nitrogens with zero attached hydrogens (tertiary/aromatic N) is 1. The molecule has 0 amide bonds. The Kier molecular flexibility index (Phi) is 6.24. The van der Waals surface area contributed by atoms with Crippen molar-refractivity contribution in [2.24, 2.45) is 5.41 Å². The Labute approximate surface area is 169 Å². The number of benzene rings is 2. The summed E-state index contributed by atoms with van der Waals surface area (Å²) >= 11 is 0. The molecule has 3 heteroatoms. The lowest BCUT2D eigenvalue weighted by atomic mass is 9.76. The van der Waals surface area contributed by atoms with Crippen molar-refractivity contribution in [2.75, 3.05) is 19.7 Å². The third kappa shape index (κ3) is 4.64. The largest absolute Gasteiger partial charge is 0.493 e. The monoisotopic (exact) mass is 381 g/mol. The zero-order chi connectivity index (χ0) is 20.3. The lowest BCUT2D eigenvalue weighted by molar-refractivity contribution is 0.00939. The number of rotatable bonds is 7. The summed E-state index contributed by atoms with van der Waals surface area (Å²) in [7, 11) is 0. The molecular weight excluding hydrogens is 349 g/mol. The molecule has 1 fully saturated rings. The van der Waals surface area contributed by atoms with E-state index in [0.717, 1.165) is 36.5 Å². The molecule has 0 radical (unpaired) electrons. The smallest absolute Gasteiger partial charge is 0.127 e. The van der Waals surface area contributed by atoms with Crippen molar-refractivity contribution in [1.29, 1.82) is 0 Å². The lowest BCUT2D eigenvalue weighted by Crippen LogP contribution is -2.53. The fourth-order valence-corrected chi connectivity index (χ4v) is 4.46. The molecule has 0 spiro atoms. The summed E-state index contributed by atoms with van der Waals surface area (Å²) in [5.41, 5.74) is 6.36. The van der Waals surface area contributed by atoms with Crippen molar-refractivity contribution in [2.45, 2.75) is 47.6 Å². The van der Waals surface area contributed by atoms with E-state index in [0.29, 0.717) is 12.0 Å². The second-order valence-corrected chi connectivity index (χ2v) is 8.49. The Bertz CT molecular complexity index is 848. The molecule has 0 bridgehead atoms. The maximum Gasteiger partial charge on any atom is 0.127 e. The van der Waals surface area contributed by atoms with Crippen molar-refractivity contribution in [3.63, 3.8) is 0 Å². The number of hydrogen-bond donors (Lipinski definition) is 0. The molecule has 1 aliphatic heterocycles. The van der Waals surface area contributed by atoms with Crippen molar-refractivity contribution in [1.82, 2.24) is 4.90 Å². The minimum atomic E-state index is -0.218. The van der Waals surface area contributed by atoms with E-state index in [-0.39, 0.29) is 5.82 Å². The molecule has 0 aliphatic carbocycles. The number of hydrogen-bond acceptors (Lipinski definition) is 2. The van der Waals surface area contributed by atoms with Gasteiger partial charge in [-0.1, -0.05) is 36.8 Å². The molecule has 0 atom stereocenters. The Morgan fingerprint density at radius 1 is 1.21 bits per heavy atom. The number of aryl methyl sites for hydroxylation is 1. The number of halogens is 1. The second-order valence-electron chi connectivity index (χ2n) is 8.49. The summed E-state index contributed by atoms with van der Waals surface area (Å²) in [5.74, 6) is 0.669. The van der Waals surface area contributed by atoms with Crippen molar-refractivity contribution in [3.8, 4) is 16.9 Å². The van der Waals surface area contributed by atoms with Crippen LogP contribution in [0.25, 0.3) is 11.1 Å². The summed E-state index contributed by atoms with van der Waals surface area (Å²) < 4.78 is 19.3. The average molecular weight is 382 g/mol. The maximum atomic E-state index is 13.3. The van der Waals surface area contributed by atoms with Crippen LogP contribution in [-0.2, 0) is 6.54 Å². The van der Waals surface area contributed by atoms with Gasteiger partial charge in [-0.05, 0) is 74.4 Å². The topological polar surface area (TPSA) is 12.5 Å². The molecule has 2 nitrogen and oxygen atoms in total. The van der Waals surface area contributed by atoms with E-state index in [1.54, 1.807) is 0 Å². The van der Waals surface area contributed by atoms with Crippen LogP contribution < -0.4 is 4.74 Å². The van der Waals surface area contributed by atoms with Gasteiger partial charge in [0.25, 0.3) is 0 Å². The predicted octanol–water partition coefficient (Wildman–Crippen LogP) is 6.38. The van der Waals surface area contributed by atoms with Crippen molar-refractivity contribution in [3.05, 3.63) is 65.0 Å². The Morgan fingerprint density at radius 2 is 1.89 bits per heavy atom. The SMILES string of the molecule is C/C=C(/C)CC1(C)CN(Cc2cc(C)c(-c3ccc(F)cc3)c(OCC)c2)C1. The highest BCUT2D eigenvalue weighted by Gasteiger charge is 2.38. The van der Waals surface area contributed by atoms with Crippen LogP contribution >= 0.6 is 0 Å². The van der Waals surface area contributed by atoms with E-state index in [9.17, 15) is 4.39 Å². The van der Waals surface area contributed by atoms with Gasteiger partial charge in [-0.25, -0.2) is 4.39 Å². The molecule has 3 rings (SSSR count). The third-order valence-electron chi connectivity index (χ3n) is 5.61. The highest BCUT2D eigenvalue weighted by molar-refractivity contribution is 5.74. The number of allylic oxidation sites excluding steroid dienone is 2. The van der Waals surface area contributed by atoms with Gasteiger partial charge in [0.15, 0.2) is 0 Å². The first-order valence-electron chi connectivity index (χ1n) is 10.2. The summed E-state index contributed by atoms with van der Waals surface area (Å²) in [6, 6.07) is 11.1. The Hall–Kier alpha value is -2.13. The summed E-state index contributed by atoms with van der Waals surface area (Å²) in [5, 5.41) is 0. The fraction of sp³-hybridized carbons (Fsp3) is 0.440. The van der Waals surface area contributed by atoms with Crippen LogP contribution in [0.5, 0.6) is 5.75 Å². The highest BCUT2D eigenvalue weighted by Crippen LogP contribution is 2.39. The molecule has 150 valence electrons. The minimum absolute atomic E-state index is 0.218. The molecule has 1 saturated heterocycles. The van der Waals surface area contributed by atoms with Crippen LogP contribution in [0.1, 0.15) is 45.2 Å². The standard InChI is InChI=1S/C25H32FNO/c1-6-18(3)14-25(5)16-27(17-25)15-20-12-19(4)24(23(13-20)28-7-2)21-8-10-22(26)11-9-21/h6,8-13H,7,14-17H2,1-5H3/b18-6-. The quantitative estimate of drug-likeness (QED) is 0.516. The van der Waals surface area contributed by atoms with Crippen LogP contribution in [-0.4, -0.2) is 24.6 Å².